The molecule has 0 aromatic heterocycles. The van der Waals surface area contributed by atoms with Crippen molar-refractivity contribution in [3.63, 3.8) is 0 Å². The van der Waals surface area contributed by atoms with Gasteiger partial charge in [-0.15, -0.1) is 0 Å². The predicted molar refractivity (Wildman–Crippen MR) is 53.5 cm³/mol. The topological polar surface area (TPSA) is 37.3 Å². The van der Waals surface area contributed by atoms with Crippen molar-refractivity contribution in [2.24, 2.45) is 5.92 Å². The zero-order chi connectivity index (χ0) is 15.1. The molecular weight excluding hydrogens is 278 g/mol. The van der Waals surface area contributed by atoms with Gasteiger partial charge in [0.15, 0.2) is 0 Å². The van der Waals surface area contributed by atoms with Crippen molar-refractivity contribution in [2.75, 3.05) is 0 Å². The molecular formula is C11H14F6O2. The molecule has 0 amide bonds. The summed E-state index contributed by atoms with van der Waals surface area (Å²) in [6, 6.07) is 0. The summed E-state index contributed by atoms with van der Waals surface area (Å²) in [7, 11) is 0. The Morgan fingerprint density at radius 3 is 1.84 bits per heavy atom. The maximum Gasteiger partial charge on any atom is 0.378 e. The molecule has 1 N–H and O–H groups in total. The summed E-state index contributed by atoms with van der Waals surface area (Å²) in [4.78, 5) is 10.7. The number of rotatable bonds is 6. The molecule has 0 bridgehead atoms. The lowest BCUT2D eigenvalue weighted by atomic mass is 9.61. The van der Waals surface area contributed by atoms with Crippen molar-refractivity contribution in [3.8, 4) is 0 Å². The maximum absolute atomic E-state index is 13.2. The largest absolute Gasteiger partial charge is 0.378 e. The highest BCUT2D eigenvalue weighted by Gasteiger charge is 2.99. The van der Waals surface area contributed by atoms with Crippen LogP contribution in [-0.2, 0) is 4.79 Å². The van der Waals surface area contributed by atoms with Crippen molar-refractivity contribution in [1.29, 1.82) is 0 Å². The first-order valence-electron chi connectivity index (χ1n) is 5.83. The minimum absolute atomic E-state index is 0.111. The Balaban J connectivity index is 3.04. The van der Waals surface area contributed by atoms with Crippen molar-refractivity contribution >= 4 is 6.29 Å². The summed E-state index contributed by atoms with van der Waals surface area (Å²) in [5.41, 5.74) is -4.32. The smallest absolute Gasteiger partial charge is 0.377 e. The van der Waals surface area contributed by atoms with E-state index in [0.717, 1.165) is 0 Å². The van der Waals surface area contributed by atoms with Crippen LogP contribution in [-0.4, -0.2) is 34.8 Å². The number of halogens is 6. The van der Waals surface area contributed by atoms with Gasteiger partial charge in [-0.2, -0.15) is 26.3 Å². The molecule has 2 nitrogen and oxygen atoms in total. The van der Waals surface area contributed by atoms with Crippen LogP contribution in [0.4, 0.5) is 26.3 Å². The van der Waals surface area contributed by atoms with Crippen LogP contribution in [0, 0.1) is 5.92 Å². The van der Waals surface area contributed by atoms with Gasteiger partial charge in [0.2, 0.25) is 5.60 Å². The van der Waals surface area contributed by atoms with Gasteiger partial charge in [-0.3, -0.25) is 0 Å². The van der Waals surface area contributed by atoms with Gasteiger partial charge >= 0.3 is 17.8 Å². The van der Waals surface area contributed by atoms with E-state index in [4.69, 9.17) is 0 Å². The second-order valence-corrected chi connectivity index (χ2v) is 4.73. The van der Waals surface area contributed by atoms with Crippen LogP contribution in [0.5, 0.6) is 0 Å². The standard InChI is InChI=1S/C11H14F6O2/c1-2-3-4-5-7(6-18)8(19)9(12,13)11(16,17)10(8,14)15/h6-7,19H,2-5H2,1H3. The first-order valence-corrected chi connectivity index (χ1v) is 5.83. The molecule has 1 aliphatic rings. The zero-order valence-electron chi connectivity index (χ0n) is 10.1. The summed E-state index contributed by atoms with van der Waals surface area (Å²) >= 11 is 0. The number of alkyl halides is 6. The van der Waals surface area contributed by atoms with Gasteiger partial charge in [0.25, 0.3) is 0 Å². The molecule has 1 unspecified atom stereocenters. The van der Waals surface area contributed by atoms with Gasteiger partial charge in [-0.05, 0) is 6.42 Å². The number of carbonyl (C=O) groups is 1. The van der Waals surface area contributed by atoms with E-state index in [-0.39, 0.29) is 12.7 Å². The van der Waals surface area contributed by atoms with E-state index in [1.807, 2.05) is 0 Å². The van der Waals surface area contributed by atoms with E-state index in [9.17, 15) is 36.2 Å². The molecule has 0 aliphatic heterocycles. The summed E-state index contributed by atoms with van der Waals surface area (Å²) in [6.45, 7) is 1.74. The second-order valence-electron chi connectivity index (χ2n) is 4.73. The summed E-state index contributed by atoms with van der Waals surface area (Å²) < 4.78 is 78.1. The van der Waals surface area contributed by atoms with E-state index in [1.165, 1.54) is 0 Å². The van der Waals surface area contributed by atoms with Gasteiger partial charge in [-0.25, -0.2) is 0 Å². The number of hydrogen-bond donors (Lipinski definition) is 1. The molecule has 1 fully saturated rings. The predicted octanol–water partition coefficient (Wildman–Crippen LogP) is 3.03. The summed E-state index contributed by atoms with van der Waals surface area (Å²) in [5, 5.41) is 9.35. The molecule has 1 atom stereocenters. The minimum atomic E-state index is -5.65. The molecule has 0 heterocycles. The van der Waals surface area contributed by atoms with Crippen LogP contribution in [0.3, 0.4) is 0 Å². The lowest BCUT2D eigenvalue weighted by molar-refractivity contribution is -0.497. The minimum Gasteiger partial charge on any atom is -0.377 e. The Bertz CT molecular complexity index is 337. The van der Waals surface area contributed by atoms with Gasteiger partial charge in [0, 0.05) is 0 Å². The van der Waals surface area contributed by atoms with Gasteiger partial charge in [0.05, 0.1) is 5.92 Å². The average Bonchev–Trinajstić information content (AvgIpc) is 2.32. The van der Waals surface area contributed by atoms with E-state index >= 15 is 0 Å². The van der Waals surface area contributed by atoms with Crippen LogP contribution < -0.4 is 0 Å². The molecule has 1 saturated carbocycles. The third-order valence-electron chi connectivity index (χ3n) is 3.57. The first-order chi connectivity index (χ1) is 8.52. The monoisotopic (exact) mass is 292 g/mol. The second kappa shape index (κ2) is 4.64. The number of aliphatic hydroxyl groups is 1. The van der Waals surface area contributed by atoms with Crippen LogP contribution in [0.1, 0.15) is 32.6 Å². The number of aldehydes is 1. The molecule has 19 heavy (non-hydrogen) atoms. The molecule has 1 aliphatic carbocycles. The Morgan fingerprint density at radius 2 is 1.47 bits per heavy atom. The van der Waals surface area contributed by atoms with Gasteiger partial charge in [-0.1, -0.05) is 26.2 Å². The molecule has 0 spiro atoms. The van der Waals surface area contributed by atoms with Crippen molar-refractivity contribution < 1.29 is 36.2 Å². The SMILES string of the molecule is CCCCCC(C=O)C1(O)C(F)(F)C(F)(F)C1(F)F. The molecule has 0 aromatic carbocycles. The quantitative estimate of drug-likeness (QED) is 0.464. The first kappa shape index (κ1) is 16.3. The number of hydrogen-bond acceptors (Lipinski definition) is 2. The van der Waals surface area contributed by atoms with Crippen molar-refractivity contribution in [3.05, 3.63) is 0 Å². The lowest BCUT2D eigenvalue weighted by Gasteiger charge is -2.57. The van der Waals surface area contributed by atoms with E-state index in [1.54, 1.807) is 6.92 Å². The fourth-order valence-electron chi connectivity index (χ4n) is 2.27. The van der Waals surface area contributed by atoms with Crippen LogP contribution in [0.2, 0.25) is 0 Å². The molecule has 1 rings (SSSR count). The average molecular weight is 292 g/mol. The summed E-state index contributed by atoms with van der Waals surface area (Å²) in [6.07, 6.45) is 0.392. The third kappa shape index (κ3) is 1.71. The Hall–Kier alpha value is -0.790. The normalized spacial score (nSPS) is 27.4. The molecule has 8 heteroatoms. The summed E-state index contributed by atoms with van der Waals surface area (Å²) in [5.74, 6) is -18.5. The van der Waals surface area contributed by atoms with E-state index in [0.29, 0.717) is 12.8 Å². The van der Waals surface area contributed by atoms with Crippen molar-refractivity contribution in [2.45, 2.75) is 56.0 Å². The third-order valence-corrected chi connectivity index (χ3v) is 3.57. The highest BCUT2D eigenvalue weighted by atomic mass is 19.4. The number of carbonyl (C=O) groups excluding carboxylic acids is 1. The number of unbranched alkanes of at least 4 members (excludes halogenated alkanes) is 2. The fourth-order valence-corrected chi connectivity index (χ4v) is 2.27. The van der Waals surface area contributed by atoms with E-state index in [2.05, 4.69) is 0 Å². The molecule has 0 saturated heterocycles. The van der Waals surface area contributed by atoms with Gasteiger partial charge in [0.1, 0.15) is 6.29 Å². The lowest BCUT2D eigenvalue weighted by Crippen LogP contribution is -2.88. The highest BCUT2D eigenvalue weighted by molar-refractivity contribution is 5.59. The fraction of sp³-hybridized carbons (Fsp3) is 0.909. The molecule has 0 radical (unpaired) electrons. The Morgan fingerprint density at radius 1 is 1.00 bits per heavy atom. The van der Waals surface area contributed by atoms with Crippen LogP contribution in [0.25, 0.3) is 0 Å². The zero-order valence-corrected chi connectivity index (χ0v) is 10.1. The van der Waals surface area contributed by atoms with Crippen molar-refractivity contribution in [1.82, 2.24) is 0 Å². The highest BCUT2D eigenvalue weighted by Crippen LogP contribution is 2.69. The maximum atomic E-state index is 13.2. The van der Waals surface area contributed by atoms with Gasteiger partial charge < -0.3 is 9.90 Å². The Kier molecular flexibility index (Phi) is 3.97. The van der Waals surface area contributed by atoms with Crippen LogP contribution in [0.15, 0.2) is 0 Å². The molecule has 0 aromatic rings. The molecule has 112 valence electrons. The van der Waals surface area contributed by atoms with E-state index < -0.39 is 35.7 Å². The van der Waals surface area contributed by atoms with Crippen LogP contribution >= 0.6 is 0 Å². The Labute approximate surface area is 105 Å².